The topological polar surface area (TPSA) is 16.4 Å². The van der Waals surface area contributed by atoms with Crippen LogP contribution >= 0.6 is 11.6 Å². The average Bonchev–Trinajstić information content (AvgIpc) is 3.26. The highest BCUT2D eigenvalue weighted by atomic mass is 35.5. The number of nitrogens with zero attached hydrogens (tertiary/aromatic N) is 1. The fourth-order valence-corrected chi connectivity index (χ4v) is 3.26. The van der Waals surface area contributed by atoms with Crippen LogP contribution in [0.4, 0.5) is 5.88 Å². The molecule has 2 aromatic carbocycles. The highest BCUT2D eigenvalue weighted by Crippen LogP contribution is 2.42. The van der Waals surface area contributed by atoms with Gasteiger partial charge in [0, 0.05) is 24.0 Å². The highest BCUT2D eigenvalue weighted by molar-refractivity contribution is 6.30. The quantitative estimate of drug-likeness (QED) is 0.593. The molecule has 1 heterocycles. The molecule has 0 N–H and O–H groups in total. The van der Waals surface area contributed by atoms with Gasteiger partial charge in [-0.05, 0) is 55.5 Å². The zero-order valence-corrected chi connectivity index (χ0v) is 14.2. The molecule has 0 atom stereocenters. The second-order valence-corrected chi connectivity index (χ2v) is 7.05. The molecule has 0 bridgehead atoms. The number of aryl methyl sites for hydroxylation is 1. The summed E-state index contributed by atoms with van der Waals surface area (Å²) in [5, 5.41) is 1.93. The second kappa shape index (κ2) is 5.61. The molecule has 0 unspecified atom stereocenters. The first-order chi connectivity index (χ1) is 11.1. The zero-order chi connectivity index (χ0) is 16.0. The SMILES string of the molecule is Cc1ccc2oc(N(C)CC3CC3)c(-c3ccc(Cl)cc3)c2c1. The van der Waals surface area contributed by atoms with Crippen LogP contribution in [0.15, 0.2) is 46.9 Å². The Kier molecular flexibility index (Phi) is 3.57. The van der Waals surface area contributed by atoms with Crippen LogP contribution in [0.1, 0.15) is 18.4 Å². The monoisotopic (exact) mass is 325 g/mol. The van der Waals surface area contributed by atoms with Crippen molar-refractivity contribution in [1.82, 2.24) is 0 Å². The van der Waals surface area contributed by atoms with Gasteiger partial charge < -0.3 is 9.32 Å². The summed E-state index contributed by atoms with van der Waals surface area (Å²) in [5.41, 5.74) is 4.50. The van der Waals surface area contributed by atoms with E-state index < -0.39 is 0 Å². The fourth-order valence-electron chi connectivity index (χ4n) is 3.13. The lowest BCUT2D eigenvalue weighted by atomic mass is 10.0. The number of halogens is 1. The van der Waals surface area contributed by atoms with Crippen molar-refractivity contribution in [3.05, 3.63) is 53.1 Å². The van der Waals surface area contributed by atoms with Gasteiger partial charge in [-0.25, -0.2) is 0 Å². The van der Waals surface area contributed by atoms with Gasteiger partial charge in [0.2, 0.25) is 5.88 Å². The first-order valence-electron chi connectivity index (χ1n) is 8.12. The average molecular weight is 326 g/mol. The Balaban J connectivity index is 1.89. The minimum atomic E-state index is 0.755. The molecule has 0 amide bonds. The first kappa shape index (κ1) is 14.6. The Morgan fingerprint density at radius 3 is 2.57 bits per heavy atom. The van der Waals surface area contributed by atoms with Crippen molar-refractivity contribution in [1.29, 1.82) is 0 Å². The van der Waals surface area contributed by atoms with E-state index in [2.05, 4.69) is 49.2 Å². The largest absolute Gasteiger partial charge is 0.440 e. The van der Waals surface area contributed by atoms with Crippen molar-refractivity contribution in [2.45, 2.75) is 19.8 Å². The van der Waals surface area contributed by atoms with Crippen LogP contribution in [0.2, 0.25) is 5.02 Å². The lowest BCUT2D eigenvalue weighted by molar-refractivity contribution is 0.589. The van der Waals surface area contributed by atoms with E-state index in [0.29, 0.717) is 0 Å². The fraction of sp³-hybridized carbons (Fsp3) is 0.300. The molecule has 3 aromatic rings. The third-order valence-electron chi connectivity index (χ3n) is 4.53. The molecule has 0 radical (unpaired) electrons. The predicted molar refractivity (Wildman–Crippen MR) is 97.4 cm³/mol. The molecule has 1 fully saturated rings. The Labute approximate surface area is 141 Å². The van der Waals surface area contributed by atoms with E-state index in [0.717, 1.165) is 34.5 Å². The molecule has 1 saturated carbocycles. The number of furan rings is 1. The van der Waals surface area contributed by atoms with Crippen molar-refractivity contribution in [3.63, 3.8) is 0 Å². The van der Waals surface area contributed by atoms with Crippen LogP contribution < -0.4 is 4.90 Å². The summed E-state index contributed by atoms with van der Waals surface area (Å²) in [7, 11) is 2.13. The lowest BCUT2D eigenvalue weighted by Gasteiger charge is -2.17. The van der Waals surface area contributed by atoms with E-state index >= 15 is 0 Å². The Bertz CT molecular complexity index is 846. The van der Waals surface area contributed by atoms with Crippen LogP contribution in [-0.2, 0) is 0 Å². The highest BCUT2D eigenvalue weighted by Gasteiger charge is 2.26. The molecule has 23 heavy (non-hydrogen) atoms. The standard InChI is InChI=1S/C20H20ClNO/c1-13-3-10-18-17(11-13)19(15-6-8-16(21)9-7-15)20(23-18)22(2)12-14-4-5-14/h3,6-11,14H,4-5,12H2,1-2H3. The van der Waals surface area contributed by atoms with Crippen LogP contribution in [-0.4, -0.2) is 13.6 Å². The minimum absolute atomic E-state index is 0.755. The van der Waals surface area contributed by atoms with Gasteiger partial charge in [0.1, 0.15) is 5.58 Å². The summed E-state index contributed by atoms with van der Waals surface area (Å²) >= 11 is 6.06. The second-order valence-electron chi connectivity index (χ2n) is 6.61. The smallest absolute Gasteiger partial charge is 0.204 e. The summed E-state index contributed by atoms with van der Waals surface area (Å²) in [5.74, 6) is 1.77. The maximum Gasteiger partial charge on any atom is 0.204 e. The number of hydrogen-bond donors (Lipinski definition) is 0. The van der Waals surface area contributed by atoms with Gasteiger partial charge in [-0.1, -0.05) is 35.4 Å². The molecule has 4 rings (SSSR count). The normalized spacial score (nSPS) is 14.4. The van der Waals surface area contributed by atoms with Gasteiger partial charge in [-0.15, -0.1) is 0 Å². The van der Waals surface area contributed by atoms with Gasteiger partial charge >= 0.3 is 0 Å². The van der Waals surface area contributed by atoms with E-state index in [-0.39, 0.29) is 0 Å². The molecule has 0 saturated heterocycles. The number of anilines is 1. The van der Waals surface area contributed by atoms with Crippen LogP contribution in [0.3, 0.4) is 0 Å². The summed E-state index contributed by atoms with van der Waals surface area (Å²) in [6.45, 7) is 3.17. The van der Waals surface area contributed by atoms with Crippen LogP contribution in [0, 0.1) is 12.8 Å². The molecule has 1 aliphatic carbocycles. The Morgan fingerprint density at radius 1 is 1.13 bits per heavy atom. The van der Waals surface area contributed by atoms with Crippen molar-refractivity contribution in [2.75, 3.05) is 18.5 Å². The van der Waals surface area contributed by atoms with E-state index in [1.165, 1.54) is 29.4 Å². The van der Waals surface area contributed by atoms with Gasteiger partial charge in [0.15, 0.2) is 0 Å². The van der Waals surface area contributed by atoms with Crippen molar-refractivity contribution >= 4 is 28.5 Å². The van der Waals surface area contributed by atoms with Gasteiger partial charge in [0.25, 0.3) is 0 Å². The molecule has 0 aliphatic heterocycles. The van der Waals surface area contributed by atoms with Crippen molar-refractivity contribution < 1.29 is 4.42 Å². The molecular weight excluding hydrogens is 306 g/mol. The van der Waals surface area contributed by atoms with Gasteiger partial charge in [0.05, 0.1) is 5.56 Å². The van der Waals surface area contributed by atoms with E-state index in [4.69, 9.17) is 16.0 Å². The summed E-state index contributed by atoms with van der Waals surface area (Å²) in [6, 6.07) is 14.4. The maximum absolute atomic E-state index is 6.22. The molecule has 2 nitrogen and oxygen atoms in total. The first-order valence-corrected chi connectivity index (χ1v) is 8.50. The van der Waals surface area contributed by atoms with Gasteiger partial charge in [-0.2, -0.15) is 0 Å². The third kappa shape index (κ3) is 2.84. The number of hydrogen-bond acceptors (Lipinski definition) is 2. The Morgan fingerprint density at radius 2 is 1.87 bits per heavy atom. The Hall–Kier alpha value is -1.93. The molecule has 0 spiro atoms. The molecule has 1 aliphatic rings. The minimum Gasteiger partial charge on any atom is -0.440 e. The number of rotatable bonds is 4. The maximum atomic E-state index is 6.22. The van der Waals surface area contributed by atoms with Crippen LogP contribution in [0.5, 0.6) is 0 Å². The van der Waals surface area contributed by atoms with Crippen molar-refractivity contribution in [3.8, 4) is 11.1 Å². The van der Waals surface area contributed by atoms with Crippen LogP contribution in [0.25, 0.3) is 22.1 Å². The van der Waals surface area contributed by atoms with Gasteiger partial charge in [-0.3, -0.25) is 0 Å². The van der Waals surface area contributed by atoms with Crippen molar-refractivity contribution in [2.24, 2.45) is 5.92 Å². The molecule has 118 valence electrons. The zero-order valence-electron chi connectivity index (χ0n) is 13.5. The third-order valence-corrected chi connectivity index (χ3v) is 4.79. The van der Waals surface area contributed by atoms with E-state index in [1.807, 2.05) is 12.1 Å². The predicted octanol–water partition coefficient (Wildman–Crippen LogP) is 5.91. The number of benzene rings is 2. The summed E-state index contributed by atoms with van der Waals surface area (Å²) < 4.78 is 6.22. The number of fused-ring (bicyclic) bond motifs is 1. The molecule has 1 aromatic heterocycles. The van der Waals surface area contributed by atoms with E-state index in [9.17, 15) is 0 Å². The van der Waals surface area contributed by atoms with E-state index in [1.54, 1.807) is 0 Å². The lowest BCUT2D eigenvalue weighted by Crippen LogP contribution is -2.19. The summed E-state index contributed by atoms with van der Waals surface area (Å²) in [6.07, 6.45) is 2.67. The molecule has 3 heteroatoms. The molecular formula is C20H20ClNO. The summed E-state index contributed by atoms with van der Waals surface area (Å²) in [4.78, 5) is 2.26.